The van der Waals surface area contributed by atoms with Crippen LogP contribution >= 0.6 is 0 Å². The first-order chi connectivity index (χ1) is 19.7. The van der Waals surface area contributed by atoms with Crippen molar-refractivity contribution in [1.29, 1.82) is 0 Å². The van der Waals surface area contributed by atoms with Crippen LogP contribution in [0.3, 0.4) is 0 Å². The second-order valence-electron chi connectivity index (χ2n) is 10.9. The lowest BCUT2D eigenvalue weighted by Gasteiger charge is -2.34. The summed E-state index contributed by atoms with van der Waals surface area (Å²) in [5, 5.41) is 17.3. The summed E-state index contributed by atoms with van der Waals surface area (Å²) < 4.78 is 5.22. The van der Waals surface area contributed by atoms with E-state index in [1.165, 1.54) is 4.90 Å². The zero-order valence-corrected chi connectivity index (χ0v) is 24.1. The van der Waals surface area contributed by atoms with Crippen molar-refractivity contribution in [1.82, 2.24) is 26.3 Å². The number of hydrogen-bond donors (Lipinski definition) is 5. The molecule has 0 aliphatic carbocycles. The van der Waals surface area contributed by atoms with E-state index >= 15 is 0 Å². The Labute approximate surface area is 240 Å². The highest BCUT2D eigenvalue weighted by Gasteiger charge is 2.41. The smallest absolute Gasteiger partial charge is 0.246 e. The van der Waals surface area contributed by atoms with Crippen LogP contribution in [0.1, 0.15) is 70.8 Å². The first kappa shape index (κ1) is 31.9. The SMILES string of the molecule is CC[C@H](C)[C@@H]1NC(=O)[C@@H](Cc2ccc(OC)cc2)NC(=O)[C@@H](CCCCCC(=O)NO)NC(=O)[C@@H]2CCCN2C1=O. The van der Waals surface area contributed by atoms with E-state index in [4.69, 9.17) is 9.94 Å². The third-order valence-electron chi connectivity index (χ3n) is 8.00. The third kappa shape index (κ3) is 8.66. The Balaban J connectivity index is 1.88. The highest BCUT2D eigenvalue weighted by atomic mass is 16.5. The van der Waals surface area contributed by atoms with Gasteiger partial charge in [0.1, 0.15) is 29.9 Å². The lowest BCUT2D eigenvalue weighted by molar-refractivity contribution is -0.144. The van der Waals surface area contributed by atoms with Crippen LogP contribution in [-0.4, -0.2) is 77.5 Å². The molecule has 5 amide bonds. The fraction of sp³-hybridized carbons (Fsp3) is 0.621. The van der Waals surface area contributed by atoms with E-state index in [0.29, 0.717) is 50.8 Å². The molecule has 12 nitrogen and oxygen atoms in total. The minimum absolute atomic E-state index is 0.139. The van der Waals surface area contributed by atoms with Gasteiger partial charge in [-0.1, -0.05) is 45.2 Å². The van der Waals surface area contributed by atoms with Crippen LogP contribution in [-0.2, 0) is 30.4 Å². The molecule has 3 rings (SSSR count). The van der Waals surface area contributed by atoms with E-state index in [2.05, 4.69) is 16.0 Å². The van der Waals surface area contributed by atoms with Gasteiger partial charge < -0.3 is 25.6 Å². The van der Waals surface area contributed by atoms with Gasteiger partial charge in [-0.3, -0.25) is 29.2 Å². The predicted octanol–water partition coefficient (Wildman–Crippen LogP) is 1.20. The number of nitrogens with one attached hydrogen (secondary N) is 4. The summed E-state index contributed by atoms with van der Waals surface area (Å²) in [6.45, 7) is 4.22. The number of rotatable bonds is 11. The van der Waals surface area contributed by atoms with Crippen molar-refractivity contribution in [3.05, 3.63) is 29.8 Å². The number of unbranched alkanes of at least 4 members (excludes halogenated alkanes) is 2. The zero-order chi connectivity index (χ0) is 29.9. The Morgan fingerprint density at radius 1 is 1.02 bits per heavy atom. The Morgan fingerprint density at radius 2 is 1.71 bits per heavy atom. The number of fused-ring (bicyclic) bond motifs is 1. The minimum Gasteiger partial charge on any atom is -0.497 e. The van der Waals surface area contributed by atoms with E-state index in [-0.39, 0.29) is 31.1 Å². The number of amides is 5. The molecule has 0 radical (unpaired) electrons. The largest absolute Gasteiger partial charge is 0.497 e. The number of methoxy groups -OCH3 is 1. The normalized spacial score (nSPS) is 24.2. The lowest BCUT2D eigenvalue weighted by atomic mass is 9.95. The first-order valence-corrected chi connectivity index (χ1v) is 14.5. The molecule has 0 aromatic heterocycles. The van der Waals surface area contributed by atoms with Gasteiger partial charge >= 0.3 is 0 Å². The summed E-state index contributed by atoms with van der Waals surface area (Å²) in [5.41, 5.74) is 2.38. The van der Waals surface area contributed by atoms with Crippen LogP contribution in [0.5, 0.6) is 5.75 Å². The van der Waals surface area contributed by atoms with E-state index in [0.717, 1.165) is 5.56 Å². The lowest BCUT2D eigenvalue weighted by Crippen LogP contribution is -2.62. The fourth-order valence-corrected chi connectivity index (χ4v) is 5.30. The summed E-state index contributed by atoms with van der Waals surface area (Å²) in [6.07, 6.45) is 3.97. The molecule has 1 aromatic rings. The van der Waals surface area contributed by atoms with Gasteiger partial charge in [0.15, 0.2) is 0 Å². The van der Waals surface area contributed by atoms with Crippen molar-refractivity contribution in [3.63, 3.8) is 0 Å². The molecular formula is C29H43N5O7. The molecule has 226 valence electrons. The van der Waals surface area contributed by atoms with E-state index in [1.807, 2.05) is 26.0 Å². The Kier molecular flexibility index (Phi) is 11.9. The predicted molar refractivity (Wildman–Crippen MR) is 150 cm³/mol. The summed E-state index contributed by atoms with van der Waals surface area (Å²) in [7, 11) is 1.56. The van der Waals surface area contributed by atoms with Crippen molar-refractivity contribution in [2.75, 3.05) is 13.7 Å². The van der Waals surface area contributed by atoms with Crippen LogP contribution in [0, 0.1) is 5.92 Å². The molecule has 2 aliphatic heterocycles. The number of benzene rings is 1. The number of carbonyl (C=O) groups excluding carboxylic acids is 5. The van der Waals surface area contributed by atoms with Crippen LogP contribution in [0.25, 0.3) is 0 Å². The molecule has 2 fully saturated rings. The molecule has 1 aromatic carbocycles. The molecule has 2 aliphatic rings. The second kappa shape index (κ2) is 15.4. The quantitative estimate of drug-likeness (QED) is 0.151. The maximum Gasteiger partial charge on any atom is 0.246 e. The summed E-state index contributed by atoms with van der Waals surface area (Å²) in [5.74, 6) is -1.66. The topological polar surface area (TPSA) is 166 Å². The van der Waals surface area contributed by atoms with Crippen molar-refractivity contribution in [3.8, 4) is 5.75 Å². The molecule has 0 unspecified atom stereocenters. The van der Waals surface area contributed by atoms with E-state index < -0.39 is 47.8 Å². The Hall–Kier alpha value is -3.67. The molecule has 2 saturated heterocycles. The number of nitrogens with zero attached hydrogens (tertiary/aromatic N) is 1. The van der Waals surface area contributed by atoms with Gasteiger partial charge in [-0.25, -0.2) is 5.48 Å². The van der Waals surface area contributed by atoms with Gasteiger partial charge in [0.25, 0.3) is 0 Å². The maximum atomic E-state index is 13.7. The third-order valence-corrected chi connectivity index (χ3v) is 8.00. The molecule has 0 saturated carbocycles. The van der Waals surface area contributed by atoms with Crippen molar-refractivity contribution in [2.24, 2.45) is 5.92 Å². The van der Waals surface area contributed by atoms with Crippen LogP contribution in [0.2, 0.25) is 0 Å². The summed E-state index contributed by atoms with van der Waals surface area (Å²) in [6, 6.07) is 3.68. The van der Waals surface area contributed by atoms with Gasteiger partial charge in [-0.2, -0.15) is 0 Å². The van der Waals surface area contributed by atoms with Gasteiger partial charge in [0.05, 0.1) is 7.11 Å². The monoisotopic (exact) mass is 573 g/mol. The van der Waals surface area contributed by atoms with Gasteiger partial charge in [-0.05, 0) is 49.3 Å². The number of carbonyl (C=O) groups is 5. The van der Waals surface area contributed by atoms with Gasteiger partial charge in [0, 0.05) is 19.4 Å². The van der Waals surface area contributed by atoms with Crippen molar-refractivity contribution >= 4 is 29.5 Å². The van der Waals surface area contributed by atoms with Crippen LogP contribution < -0.4 is 26.2 Å². The number of ether oxygens (including phenoxy) is 1. The Morgan fingerprint density at radius 3 is 2.37 bits per heavy atom. The van der Waals surface area contributed by atoms with Crippen molar-refractivity contribution in [2.45, 2.75) is 95.8 Å². The Bertz CT molecular complexity index is 1080. The molecule has 0 bridgehead atoms. The molecule has 41 heavy (non-hydrogen) atoms. The summed E-state index contributed by atoms with van der Waals surface area (Å²) >= 11 is 0. The zero-order valence-electron chi connectivity index (χ0n) is 24.1. The highest BCUT2D eigenvalue weighted by molar-refractivity contribution is 5.98. The highest BCUT2D eigenvalue weighted by Crippen LogP contribution is 2.23. The van der Waals surface area contributed by atoms with Crippen LogP contribution in [0.4, 0.5) is 0 Å². The first-order valence-electron chi connectivity index (χ1n) is 14.5. The standard InChI is InChI=1S/C29H43N5O7/c1-4-18(2)25-29(39)34-16-8-10-23(34)28(38)30-21(9-6-5-7-11-24(35)33-40)26(36)31-22(27(37)32-25)17-19-12-14-20(41-3)15-13-19/h12-15,18,21-23,25,40H,4-11,16-17H2,1-3H3,(H,30,38)(H,31,36)(H,32,37)(H,33,35)/t18-,21+,22+,23-,25-/m0/s1. The van der Waals surface area contributed by atoms with Crippen molar-refractivity contribution < 1.29 is 33.9 Å². The summed E-state index contributed by atoms with van der Waals surface area (Å²) in [4.78, 5) is 67.2. The van der Waals surface area contributed by atoms with Crippen LogP contribution in [0.15, 0.2) is 24.3 Å². The maximum absolute atomic E-state index is 13.7. The average molecular weight is 574 g/mol. The van der Waals surface area contributed by atoms with Gasteiger partial charge in [-0.15, -0.1) is 0 Å². The van der Waals surface area contributed by atoms with E-state index in [1.54, 1.807) is 24.7 Å². The second-order valence-corrected chi connectivity index (χ2v) is 10.9. The molecule has 12 heteroatoms. The number of hydrogen-bond acceptors (Lipinski definition) is 7. The number of hydroxylamine groups is 1. The van der Waals surface area contributed by atoms with E-state index in [9.17, 15) is 24.0 Å². The fourth-order valence-electron chi connectivity index (χ4n) is 5.30. The average Bonchev–Trinajstić information content (AvgIpc) is 3.48. The molecular weight excluding hydrogens is 530 g/mol. The minimum atomic E-state index is -0.989. The molecule has 2 heterocycles. The molecule has 5 atom stereocenters. The molecule has 5 N–H and O–H groups in total. The molecule has 0 spiro atoms. The van der Waals surface area contributed by atoms with Gasteiger partial charge in [0.2, 0.25) is 29.5 Å².